The monoisotopic (exact) mass is 235 g/mol. The fraction of sp³-hybridized carbons (Fsp3) is 0.500. The fourth-order valence-corrected chi connectivity index (χ4v) is 2.65. The molecule has 3 heteroatoms. The van der Waals surface area contributed by atoms with E-state index in [4.69, 9.17) is 0 Å². The van der Waals surface area contributed by atoms with Gasteiger partial charge in [-0.05, 0) is 24.5 Å². The molecule has 0 aliphatic carbocycles. The molecular formula is C14H18FNO. The Kier molecular flexibility index (Phi) is 3.46. The molecule has 0 saturated carbocycles. The second kappa shape index (κ2) is 4.86. The number of amides is 1. The summed E-state index contributed by atoms with van der Waals surface area (Å²) < 4.78 is 12.6. The molecule has 1 aromatic carbocycles. The quantitative estimate of drug-likeness (QED) is 0.784. The Bertz CT molecular complexity index is 430. The molecule has 1 heterocycles. The van der Waals surface area contributed by atoms with Crippen LogP contribution in [-0.4, -0.2) is 24.0 Å². The van der Waals surface area contributed by atoms with Gasteiger partial charge in [-0.25, -0.2) is 4.39 Å². The van der Waals surface area contributed by atoms with Crippen molar-refractivity contribution in [2.45, 2.75) is 32.7 Å². The third kappa shape index (κ3) is 1.94. The van der Waals surface area contributed by atoms with Gasteiger partial charge in [-0.3, -0.25) is 4.79 Å². The lowest BCUT2D eigenvalue weighted by Gasteiger charge is -2.23. The Morgan fingerprint density at radius 2 is 2.18 bits per heavy atom. The van der Waals surface area contributed by atoms with Gasteiger partial charge < -0.3 is 4.90 Å². The zero-order chi connectivity index (χ0) is 12.4. The first-order valence-corrected chi connectivity index (χ1v) is 6.17. The molecule has 0 spiro atoms. The Morgan fingerprint density at radius 1 is 1.41 bits per heavy atom. The molecule has 1 unspecified atom stereocenters. The van der Waals surface area contributed by atoms with Crippen molar-refractivity contribution < 1.29 is 9.18 Å². The molecule has 0 bridgehead atoms. The van der Waals surface area contributed by atoms with Gasteiger partial charge in [0.05, 0.1) is 6.04 Å². The highest BCUT2D eigenvalue weighted by atomic mass is 19.1. The molecule has 1 amide bonds. The lowest BCUT2D eigenvalue weighted by atomic mass is 9.98. The number of fused-ring (bicyclic) bond motifs is 1. The third-order valence-corrected chi connectivity index (χ3v) is 3.40. The van der Waals surface area contributed by atoms with Crippen molar-refractivity contribution in [3.8, 4) is 0 Å². The van der Waals surface area contributed by atoms with Crippen molar-refractivity contribution in [2.75, 3.05) is 13.2 Å². The number of benzene rings is 1. The van der Waals surface area contributed by atoms with Crippen LogP contribution in [0.4, 0.5) is 4.39 Å². The number of carbonyl (C=O) groups excluding carboxylic acids is 1. The predicted molar refractivity (Wildman–Crippen MR) is 65.8 cm³/mol. The second-order valence-corrected chi connectivity index (χ2v) is 4.53. The average molecular weight is 235 g/mol. The number of alkyl halides is 1. The van der Waals surface area contributed by atoms with Gasteiger partial charge in [0.1, 0.15) is 6.67 Å². The van der Waals surface area contributed by atoms with E-state index in [1.807, 2.05) is 25.1 Å². The van der Waals surface area contributed by atoms with E-state index < -0.39 is 6.67 Å². The van der Waals surface area contributed by atoms with Crippen LogP contribution in [0, 0.1) is 6.92 Å². The highest BCUT2D eigenvalue weighted by Gasteiger charge is 2.36. The molecule has 1 atom stereocenters. The summed E-state index contributed by atoms with van der Waals surface area (Å²) in [6.45, 7) is 3.77. The van der Waals surface area contributed by atoms with Crippen LogP contribution in [0.25, 0.3) is 0 Å². The molecule has 1 aliphatic heterocycles. The van der Waals surface area contributed by atoms with Gasteiger partial charge in [-0.15, -0.1) is 0 Å². The highest BCUT2D eigenvalue weighted by Crippen LogP contribution is 2.37. The molecule has 0 aromatic heterocycles. The molecule has 0 fully saturated rings. The molecular weight excluding hydrogens is 217 g/mol. The zero-order valence-corrected chi connectivity index (χ0v) is 10.4. The minimum atomic E-state index is -0.473. The summed E-state index contributed by atoms with van der Waals surface area (Å²) in [7, 11) is 0. The van der Waals surface area contributed by atoms with Crippen molar-refractivity contribution in [1.29, 1.82) is 0 Å². The van der Waals surface area contributed by atoms with Crippen molar-refractivity contribution in [1.82, 2.24) is 4.90 Å². The lowest BCUT2D eigenvalue weighted by molar-refractivity contribution is 0.0703. The number of hydrogen-bond acceptors (Lipinski definition) is 1. The Labute approximate surface area is 101 Å². The maximum Gasteiger partial charge on any atom is 0.255 e. The first-order valence-electron chi connectivity index (χ1n) is 6.17. The maximum absolute atomic E-state index is 12.6. The predicted octanol–water partition coefficient (Wildman–Crippen LogP) is 3.26. The molecule has 0 radical (unpaired) electrons. The van der Waals surface area contributed by atoms with E-state index in [-0.39, 0.29) is 18.5 Å². The smallest absolute Gasteiger partial charge is 0.255 e. The average Bonchev–Trinajstić information content (AvgIpc) is 2.57. The van der Waals surface area contributed by atoms with Crippen molar-refractivity contribution in [3.05, 3.63) is 34.9 Å². The van der Waals surface area contributed by atoms with E-state index in [9.17, 15) is 9.18 Å². The number of aryl methyl sites for hydroxylation is 1. The van der Waals surface area contributed by atoms with Gasteiger partial charge in [-0.1, -0.05) is 31.5 Å². The molecule has 92 valence electrons. The van der Waals surface area contributed by atoms with E-state index in [1.54, 1.807) is 4.90 Å². The summed E-state index contributed by atoms with van der Waals surface area (Å²) in [4.78, 5) is 13.9. The van der Waals surface area contributed by atoms with Crippen LogP contribution in [0.15, 0.2) is 18.2 Å². The number of halogens is 1. The molecule has 1 aromatic rings. The summed E-state index contributed by atoms with van der Waals surface area (Å²) in [5.41, 5.74) is 2.86. The van der Waals surface area contributed by atoms with Gasteiger partial charge >= 0.3 is 0 Å². The molecule has 2 nitrogen and oxygen atoms in total. The summed E-state index contributed by atoms with van der Waals surface area (Å²) in [6, 6.07) is 5.98. The summed E-state index contributed by atoms with van der Waals surface area (Å²) >= 11 is 0. The molecule has 0 N–H and O–H groups in total. The number of hydrogen-bond donors (Lipinski definition) is 0. The molecule has 0 saturated heterocycles. The fourth-order valence-electron chi connectivity index (χ4n) is 2.65. The van der Waals surface area contributed by atoms with Gasteiger partial charge in [0.25, 0.3) is 5.91 Å². The number of carbonyl (C=O) groups is 1. The summed E-state index contributed by atoms with van der Waals surface area (Å²) in [5.74, 6) is -0.00537. The second-order valence-electron chi connectivity index (χ2n) is 4.53. The molecule has 1 aliphatic rings. The Balaban J connectivity index is 2.43. The van der Waals surface area contributed by atoms with Crippen LogP contribution in [0.1, 0.15) is 47.3 Å². The first-order chi connectivity index (χ1) is 8.20. The normalized spacial score (nSPS) is 18.6. The van der Waals surface area contributed by atoms with Crippen LogP contribution in [0.3, 0.4) is 0 Å². The van der Waals surface area contributed by atoms with Crippen LogP contribution in [0.5, 0.6) is 0 Å². The van der Waals surface area contributed by atoms with Crippen LogP contribution >= 0.6 is 0 Å². The van der Waals surface area contributed by atoms with Crippen molar-refractivity contribution >= 4 is 5.91 Å². The summed E-state index contributed by atoms with van der Waals surface area (Å²) in [5, 5.41) is 0. The summed E-state index contributed by atoms with van der Waals surface area (Å²) in [6.07, 6.45) is 1.90. The maximum atomic E-state index is 12.6. The Hall–Kier alpha value is -1.38. The van der Waals surface area contributed by atoms with Crippen LogP contribution in [-0.2, 0) is 0 Å². The van der Waals surface area contributed by atoms with Crippen LogP contribution in [0.2, 0.25) is 0 Å². The van der Waals surface area contributed by atoms with Gasteiger partial charge in [-0.2, -0.15) is 0 Å². The number of nitrogens with zero attached hydrogens (tertiary/aromatic N) is 1. The first kappa shape index (κ1) is 12.1. The van der Waals surface area contributed by atoms with E-state index in [1.165, 1.54) is 0 Å². The highest BCUT2D eigenvalue weighted by molar-refractivity contribution is 6.00. The largest absolute Gasteiger partial charge is 0.329 e. The topological polar surface area (TPSA) is 20.3 Å². The van der Waals surface area contributed by atoms with E-state index in [2.05, 4.69) is 6.92 Å². The molecule has 2 rings (SSSR count). The van der Waals surface area contributed by atoms with Gasteiger partial charge in [0.2, 0.25) is 0 Å². The van der Waals surface area contributed by atoms with Gasteiger partial charge in [0, 0.05) is 12.1 Å². The van der Waals surface area contributed by atoms with E-state index >= 15 is 0 Å². The van der Waals surface area contributed by atoms with E-state index in [0.717, 1.165) is 29.5 Å². The van der Waals surface area contributed by atoms with Crippen molar-refractivity contribution in [2.24, 2.45) is 0 Å². The third-order valence-electron chi connectivity index (χ3n) is 3.40. The Morgan fingerprint density at radius 3 is 2.82 bits per heavy atom. The minimum absolute atomic E-state index is 0.00537. The lowest BCUT2D eigenvalue weighted by Crippen LogP contribution is -2.30. The SMILES string of the molecule is CCCC1c2cccc(C)c2C(=O)N1CCF. The van der Waals surface area contributed by atoms with Crippen LogP contribution < -0.4 is 0 Å². The zero-order valence-electron chi connectivity index (χ0n) is 10.4. The van der Waals surface area contributed by atoms with E-state index in [0.29, 0.717) is 0 Å². The van der Waals surface area contributed by atoms with Gasteiger partial charge in [0.15, 0.2) is 0 Å². The number of rotatable bonds is 4. The molecule has 17 heavy (non-hydrogen) atoms. The minimum Gasteiger partial charge on any atom is -0.329 e. The standard InChI is InChI=1S/C14H18FNO/c1-3-5-12-11-7-4-6-10(2)13(11)14(17)16(12)9-8-15/h4,6-7,12H,3,5,8-9H2,1-2H3. The van der Waals surface area contributed by atoms with Crippen molar-refractivity contribution in [3.63, 3.8) is 0 Å².